The Morgan fingerprint density at radius 3 is 2.61 bits per heavy atom. The second kappa shape index (κ2) is 8.53. The van der Waals surface area contributed by atoms with E-state index in [9.17, 15) is 14.3 Å². The minimum absolute atomic E-state index is 0.111. The Bertz CT molecular complexity index is 1310. The first kappa shape index (κ1) is 21.1. The number of benzene rings is 3. The molecule has 0 saturated carbocycles. The van der Waals surface area contributed by atoms with Crippen LogP contribution in [0.25, 0.3) is 10.9 Å². The van der Waals surface area contributed by atoms with Crippen molar-refractivity contribution in [3.63, 3.8) is 0 Å². The maximum Gasteiger partial charge on any atom is 0.253 e. The zero-order chi connectivity index (χ0) is 22.1. The molecule has 1 unspecified atom stereocenters. The molecular formula is C24H17Cl2FN2O2. The summed E-state index contributed by atoms with van der Waals surface area (Å²) in [6, 6.07) is 14.9. The van der Waals surface area contributed by atoms with Crippen LogP contribution in [0.1, 0.15) is 33.1 Å². The highest BCUT2D eigenvalue weighted by atomic mass is 35.5. The van der Waals surface area contributed by atoms with Crippen molar-refractivity contribution in [2.24, 2.45) is 0 Å². The molecule has 0 fully saturated rings. The van der Waals surface area contributed by atoms with Gasteiger partial charge in [-0.3, -0.25) is 9.78 Å². The number of pyridine rings is 1. The molecule has 0 aliphatic carbocycles. The zero-order valence-electron chi connectivity index (χ0n) is 16.4. The molecule has 0 aliphatic heterocycles. The number of aromatic nitrogens is 1. The number of amides is 1. The van der Waals surface area contributed by atoms with Crippen molar-refractivity contribution >= 4 is 40.0 Å². The molecule has 31 heavy (non-hydrogen) atoms. The highest BCUT2D eigenvalue weighted by Crippen LogP contribution is 2.39. The Hall–Kier alpha value is -3.15. The lowest BCUT2D eigenvalue weighted by molar-refractivity contribution is 0.0943. The molecule has 1 amide bonds. The molecule has 4 rings (SSSR count). The smallest absolute Gasteiger partial charge is 0.253 e. The van der Waals surface area contributed by atoms with Gasteiger partial charge in [0.05, 0.1) is 16.6 Å². The van der Waals surface area contributed by atoms with Gasteiger partial charge in [-0.1, -0.05) is 41.4 Å². The molecule has 2 N–H and O–H groups in total. The van der Waals surface area contributed by atoms with Gasteiger partial charge in [-0.25, -0.2) is 4.39 Å². The van der Waals surface area contributed by atoms with Crippen molar-refractivity contribution in [2.45, 2.75) is 13.0 Å². The van der Waals surface area contributed by atoms with Crippen LogP contribution < -0.4 is 5.32 Å². The Kier molecular flexibility index (Phi) is 5.81. The van der Waals surface area contributed by atoms with E-state index in [1.807, 2.05) is 12.1 Å². The van der Waals surface area contributed by atoms with Gasteiger partial charge in [0.25, 0.3) is 5.91 Å². The summed E-state index contributed by atoms with van der Waals surface area (Å²) in [4.78, 5) is 17.3. The lowest BCUT2D eigenvalue weighted by Gasteiger charge is -2.24. The fourth-order valence-electron chi connectivity index (χ4n) is 3.62. The first-order valence-electron chi connectivity index (χ1n) is 9.44. The van der Waals surface area contributed by atoms with E-state index in [0.29, 0.717) is 22.2 Å². The fourth-order valence-corrected chi connectivity index (χ4v) is 4.07. The summed E-state index contributed by atoms with van der Waals surface area (Å²) in [5, 5.41) is 15.2. The molecule has 3 aromatic carbocycles. The fraction of sp³-hybridized carbons (Fsp3) is 0.0833. The highest BCUT2D eigenvalue weighted by molar-refractivity contribution is 6.34. The van der Waals surface area contributed by atoms with Crippen molar-refractivity contribution in [1.82, 2.24) is 10.3 Å². The minimum Gasteiger partial charge on any atom is -0.505 e. The lowest BCUT2D eigenvalue weighted by atomic mass is 9.92. The topological polar surface area (TPSA) is 62.2 Å². The van der Waals surface area contributed by atoms with Crippen LogP contribution in [0.4, 0.5) is 4.39 Å². The van der Waals surface area contributed by atoms with Gasteiger partial charge in [0.2, 0.25) is 0 Å². The number of nitrogens with one attached hydrogen (secondary N) is 1. The summed E-state index contributed by atoms with van der Waals surface area (Å²) in [6.45, 7) is 1.79. The van der Waals surface area contributed by atoms with E-state index in [2.05, 4.69) is 10.3 Å². The van der Waals surface area contributed by atoms with Crippen molar-refractivity contribution in [3.05, 3.63) is 105 Å². The first-order valence-corrected chi connectivity index (χ1v) is 10.2. The quantitative estimate of drug-likeness (QED) is 0.385. The number of carbonyl (C=O) groups excluding carboxylic acids is 1. The zero-order valence-corrected chi connectivity index (χ0v) is 17.9. The van der Waals surface area contributed by atoms with Crippen molar-refractivity contribution in [3.8, 4) is 5.75 Å². The van der Waals surface area contributed by atoms with Gasteiger partial charge in [-0.15, -0.1) is 0 Å². The standard InChI is InChI=1S/C24H17Cl2FN2O2/c1-13-11-14-5-4-10-28-21(14)23(30)20(13)22(17-12-15(27)8-9-19(17)26)29-24(31)16-6-2-3-7-18(16)25/h2-12,22,30H,1H3,(H,29,31). The van der Waals surface area contributed by atoms with Gasteiger partial charge >= 0.3 is 0 Å². The Morgan fingerprint density at radius 1 is 1.06 bits per heavy atom. The molecule has 1 atom stereocenters. The number of rotatable bonds is 4. The number of hydrogen-bond acceptors (Lipinski definition) is 3. The molecule has 0 bridgehead atoms. The van der Waals surface area contributed by atoms with Crippen LogP contribution in [0.5, 0.6) is 5.75 Å². The van der Waals surface area contributed by atoms with Crippen molar-refractivity contribution in [1.29, 1.82) is 0 Å². The lowest BCUT2D eigenvalue weighted by Crippen LogP contribution is -2.30. The molecule has 156 valence electrons. The Labute approximate surface area is 188 Å². The number of phenolic OH excluding ortho intramolecular Hbond substituents is 1. The van der Waals surface area contributed by atoms with Crippen LogP contribution in [-0.4, -0.2) is 16.0 Å². The van der Waals surface area contributed by atoms with Gasteiger partial charge in [0.15, 0.2) is 0 Å². The predicted molar refractivity (Wildman–Crippen MR) is 120 cm³/mol. The Balaban J connectivity index is 1.92. The van der Waals surface area contributed by atoms with Gasteiger partial charge in [0.1, 0.15) is 17.1 Å². The van der Waals surface area contributed by atoms with E-state index in [-0.39, 0.29) is 21.4 Å². The third kappa shape index (κ3) is 4.07. The molecule has 4 nitrogen and oxygen atoms in total. The maximum absolute atomic E-state index is 14.1. The molecule has 0 aliphatic rings. The monoisotopic (exact) mass is 454 g/mol. The highest BCUT2D eigenvalue weighted by Gasteiger charge is 2.27. The minimum atomic E-state index is -0.946. The summed E-state index contributed by atoms with van der Waals surface area (Å²) in [7, 11) is 0. The largest absolute Gasteiger partial charge is 0.505 e. The van der Waals surface area contributed by atoms with Crippen LogP contribution in [0, 0.1) is 12.7 Å². The second-order valence-corrected chi connectivity index (χ2v) is 7.90. The van der Waals surface area contributed by atoms with Crippen LogP contribution in [0.2, 0.25) is 10.0 Å². The molecule has 0 radical (unpaired) electrons. The molecule has 0 saturated heterocycles. The number of carbonyl (C=O) groups is 1. The number of fused-ring (bicyclic) bond motifs is 1. The van der Waals surface area contributed by atoms with Gasteiger partial charge < -0.3 is 10.4 Å². The van der Waals surface area contributed by atoms with Crippen molar-refractivity contribution < 1.29 is 14.3 Å². The van der Waals surface area contributed by atoms with Gasteiger partial charge in [-0.05, 0) is 55.0 Å². The molecule has 1 heterocycles. The van der Waals surface area contributed by atoms with Crippen LogP contribution in [0.3, 0.4) is 0 Å². The first-order chi connectivity index (χ1) is 14.9. The number of aromatic hydroxyl groups is 1. The summed E-state index contributed by atoms with van der Waals surface area (Å²) < 4.78 is 14.1. The van der Waals surface area contributed by atoms with Crippen LogP contribution in [0.15, 0.2) is 66.9 Å². The molecule has 7 heteroatoms. The number of phenols is 1. The van der Waals surface area contributed by atoms with Crippen LogP contribution >= 0.6 is 23.2 Å². The summed E-state index contributed by atoms with van der Waals surface area (Å²) in [5.41, 5.74) is 1.98. The predicted octanol–water partition coefficient (Wildman–Crippen LogP) is 6.21. The summed E-state index contributed by atoms with van der Waals surface area (Å²) in [5.74, 6) is -1.12. The normalized spacial score (nSPS) is 12.0. The third-order valence-corrected chi connectivity index (χ3v) is 5.74. The maximum atomic E-state index is 14.1. The average molecular weight is 455 g/mol. The summed E-state index contributed by atoms with van der Waals surface area (Å²) in [6.07, 6.45) is 1.56. The summed E-state index contributed by atoms with van der Waals surface area (Å²) >= 11 is 12.6. The van der Waals surface area contributed by atoms with Crippen molar-refractivity contribution in [2.75, 3.05) is 0 Å². The van der Waals surface area contributed by atoms with E-state index in [1.54, 1.807) is 43.5 Å². The van der Waals surface area contributed by atoms with E-state index < -0.39 is 17.8 Å². The van der Waals surface area contributed by atoms with Gasteiger partial charge in [0, 0.05) is 27.7 Å². The number of aryl methyl sites for hydroxylation is 1. The number of nitrogens with zero attached hydrogens (tertiary/aromatic N) is 1. The second-order valence-electron chi connectivity index (χ2n) is 7.08. The number of hydrogen-bond donors (Lipinski definition) is 2. The third-order valence-electron chi connectivity index (χ3n) is 5.07. The molecular weight excluding hydrogens is 438 g/mol. The molecule has 1 aromatic heterocycles. The SMILES string of the molecule is Cc1cc2cccnc2c(O)c1C(NC(=O)c1ccccc1Cl)c1cc(F)ccc1Cl. The van der Waals surface area contributed by atoms with E-state index in [0.717, 1.165) is 5.39 Å². The van der Waals surface area contributed by atoms with Gasteiger partial charge in [-0.2, -0.15) is 0 Å². The Morgan fingerprint density at radius 2 is 1.84 bits per heavy atom. The molecule has 0 spiro atoms. The van der Waals surface area contributed by atoms with E-state index >= 15 is 0 Å². The van der Waals surface area contributed by atoms with E-state index in [4.69, 9.17) is 23.2 Å². The van der Waals surface area contributed by atoms with E-state index in [1.165, 1.54) is 18.2 Å². The molecule has 4 aromatic rings. The number of halogens is 3. The average Bonchev–Trinajstić information content (AvgIpc) is 2.75. The van der Waals surface area contributed by atoms with Crippen LogP contribution in [-0.2, 0) is 0 Å².